The maximum absolute atomic E-state index is 10.9. The van der Waals surface area contributed by atoms with Gasteiger partial charge in [-0.3, -0.25) is 10.1 Å². The summed E-state index contributed by atoms with van der Waals surface area (Å²) in [5.74, 6) is 0.271. The van der Waals surface area contributed by atoms with E-state index >= 15 is 0 Å². The van der Waals surface area contributed by atoms with Crippen molar-refractivity contribution in [2.75, 3.05) is 5.32 Å². The summed E-state index contributed by atoms with van der Waals surface area (Å²) in [5.41, 5.74) is 0.475. The van der Waals surface area contributed by atoms with Gasteiger partial charge in [0.1, 0.15) is 5.75 Å². The Balaban J connectivity index is 2.34. The van der Waals surface area contributed by atoms with Crippen LogP contribution in [-0.2, 0) is 0 Å². The van der Waals surface area contributed by atoms with E-state index in [9.17, 15) is 10.1 Å². The monoisotopic (exact) mass is 309 g/mol. The molecule has 0 aliphatic heterocycles. The van der Waals surface area contributed by atoms with Crippen molar-refractivity contribution in [2.45, 2.75) is 0 Å². The molecule has 18 heavy (non-hydrogen) atoms. The first kappa shape index (κ1) is 12.3. The standard InChI is InChI=1S/C11H8BrN3O3/c12-7-5-10(15(17)18)11(13-6-7)14-8-1-3-9(16)4-2-8/h1-6,16H,(H,13,14). The zero-order chi connectivity index (χ0) is 13.1. The molecule has 0 bridgehead atoms. The minimum absolute atomic E-state index is 0.124. The minimum Gasteiger partial charge on any atom is -0.508 e. The summed E-state index contributed by atoms with van der Waals surface area (Å²) >= 11 is 3.13. The van der Waals surface area contributed by atoms with Crippen molar-refractivity contribution in [2.24, 2.45) is 0 Å². The zero-order valence-electron chi connectivity index (χ0n) is 9.00. The van der Waals surface area contributed by atoms with Gasteiger partial charge in [0.15, 0.2) is 0 Å². The minimum atomic E-state index is -0.513. The number of phenols is 1. The van der Waals surface area contributed by atoms with Crippen LogP contribution in [0.5, 0.6) is 5.75 Å². The number of hydrogen-bond donors (Lipinski definition) is 2. The lowest BCUT2D eigenvalue weighted by atomic mass is 10.3. The Morgan fingerprint density at radius 3 is 2.61 bits per heavy atom. The number of anilines is 2. The van der Waals surface area contributed by atoms with Gasteiger partial charge >= 0.3 is 5.69 Å². The first-order chi connectivity index (χ1) is 8.56. The third kappa shape index (κ3) is 2.75. The highest BCUT2D eigenvalue weighted by Gasteiger charge is 2.15. The van der Waals surface area contributed by atoms with Gasteiger partial charge < -0.3 is 10.4 Å². The van der Waals surface area contributed by atoms with Crippen molar-refractivity contribution in [1.82, 2.24) is 4.98 Å². The second-order valence-corrected chi connectivity index (χ2v) is 4.37. The molecule has 0 unspecified atom stereocenters. The second kappa shape index (κ2) is 5.01. The Kier molecular flexibility index (Phi) is 3.42. The van der Waals surface area contributed by atoms with E-state index in [0.717, 1.165) is 0 Å². The van der Waals surface area contributed by atoms with Crippen LogP contribution in [0.3, 0.4) is 0 Å². The van der Waals surface area contributed by atoms with Crippen molar-refractivity contribution in [3.05, 3.63) is 51.1 Å². The average Bonchev–Trinajstić information content (AvgIpc) is 2.34. The average molecular weight is 310 g/mol. The fourth-order valence-corrected chi connectivity index (χ4v) is 1.66. The van der Waals surface area contributed by atoms with Gasteiger partial charge in [0.05, 0.1) is 4.92 Å². The van der Waals surface area contributed by atoms with Crippen molar-refractivity contribution >= 4 is 33.1 Å². The molecule has 1 heterocycles. The van der Waals surface area contributed by atoms with E-state index < -0.39 is 4.92 Å². The fourth-order valence-electron chi connectivity index (χ4n) is 1.35. The largest absolute Gasteiger partial charge is 0.508 e. The predicted molar refractivity (Wildman–Crippen MR) is 70.0 cm³/mol. The first-order valence-electron chi connectivity index (χ1n) is 4.92. The van der Waals surface area contributed by atoms with Crippen molar-refractivity contribution in [1.29, 1.82) is 0 Å². The van der Waals surface area contributed by atoms with Crippen LogP contribution in [0.15, 0.2) is 41.0 Å². The highest BCUT2D eigenvalue weighted by atomic mass is 79.9. The summed E-state index contributed by atoms with van der Waals surface area (Å²) in [6.45, 7) is 0. The van der Waals surface area contributed by atoms with Crippen LogP contribution >= 0.6 is 15.9 Å². The maximum Gasteiger partial charge on any atom is 0.312 e. The fraction of sp³-hybridized carbons (Fsp3) is 0. The number of aromatic nitrogens is 1. The SMILES string of the molecule is O=[N+]([O-])c1cc(Br)cnc1Nc1ccc(O)cc1. The second-order valence-electron chi connectivity index (χ2n) is 3.45. The van der Waals surface area contributed by atoms with Gasteiger partial charge in [-0.2, -0.15) is 0 Å². The van der Waals surface area contributed by atoms with Crippen molar-refractivity contribution in [3.8, 4) is 5.75 Å². The smallest absolute Gasteiger partial charge is 0.312 e. The van der Waals surface area contributed by atoms with E-state index in [1.165, 1.54) is 24.4 Å². The number of nitrogens with zero attached hydrogens (tertiary/aromatic N) is 2. The van der Waals surface area contributed by atoms with Gasteiger partial charge in [-0.1, -0.05) is 0 Å². The summed E-state index contributed by atoms with van der Waals surface area (Å²) < 4.78 is 0.533. The van der Waals surface area contributed by atoms with Crippen molar-refractivity contribution < 1.29 is 10.0 Å². The highest BCUT2D eigenvalue weighted by molar-refractivity contribution is 9.10. The summed E-state index contributed by atoms with van der Waals surface area (Å²) in [5, 5.41) is 22.9. The number of nitrogens with one attached hydrogen (secondary N) is 1. The van der Waals surface area contributed by atoms with Crippen LogP contribution < -0.4 is 5.32 Å². The number of aromatic hydroxyl groups is 1. The van der Waals surface area contributed by atoms with Gasteiger partial charge in [-0.05, 0) is 40.2 Å². The Hall–Kier alpha value is -2.15. The van der Waals surface area contributed by atoms with E-state index in [2.05, 4.69) is 26.2 Å². The molecule has 2 rings (SSSR count). The van der Waals surface area contributed by atoms with Crippen LogP contribution in [0.25, 0.3) is 0 Å². The molecule has 0 amide bonds. The molecule has 0 atom stereocenters. The molecule has 0 aliphatic rings. The zero-order valence-corrected chi connectivity index (χ0v) is 10.6. The molecule has 0 spiro atoms. The quantitative estimate of drug-likeness (QED) is 0.516. The molecule has 1 aromatic heterocycles. The van der Waals surface area contributed by atoms with E-state index in [1.807, 2.05) is 0 Å². The number of phenolic OH excluding ortho intramolecular Hbond substituents is 1. The molecule has 7 heteroatoms. The van der Waals surface area contributed by atoms with Crippen LogP contribution in [0.2, 0.25) is 0 Å². The van der Waals surface area contributed by atoms with Gasteiger partial charge in [-0.25, -0.2) is 4.98 Å². The molecule has 92 valence electrons. The number of nitro groups is 1. The number of rotatable bonds is 3. The van der Waals surface area contributed by atoms with E-state index in [-0.39, 0.29) is 17.3 Å². The first-order valence-corrected chi connectivity index (χ1v) is 5.71. The third-order valence-corrected chi connectivity index (χ3v) is 2.59. The lowest BCUT2D eigenvalue weighted by Crippen LogP contribution is -1.99. The van der Waals surface area contributed by atoms with E-state index in [4.69, 9.17) is 5.11 Å². The molecule has 2 N–H and O–H groups in total. The number of pyridine rings is 1. The van der Waals surface area contributed by atoms with E-state index in [0.29, 0.717) is 10.2 Å². The summed E-state index contributed by atoms with van der Waals surface area (Å²) in [6, 6.07) is 7.53. The molecular weight excluding hydrogens is 302 g/mol. The lowest BCUT2D eigenvalue weighted by Gasteiger charge is -2.06. The van der Waals surface area contributed by atoms with E-state index in [1.54, 1.807) is 12.1 Å². The molecule has 0 saturated carbocycles. The third-order valence-electron chi connectivity index (χ3n) is 2.16. The molecule has 6 nitrogen and oxygen atoms in total. The molecule has 0 fully saturated rings. The summed E-state index contributed by atoms with van der Waals surface area (Å²) in [4.78, 5) is 14.3. The Morgan fingerprint density at radius 1 is 1.33 bits per heavy atom. The number of benzene rings is 1. The predicted octanol–water partition coefficient (Wildman–Crippen LogP) is 3.20. The lowest BCUT2D eigenvalue weighted by molar-refractivity contribution is -0.384. The number of hydrogen-bond acceptors (Lipinski definition) is 5. The van der Waals surface area contributed by atoms with Gasteiger partial charge in [0.25, 0.3) is 0 Å². The van der Waals surface area contributed by atoms with Gasteiger partial charge in [0.2, 0.25) is 5.82 Å². The normalized spacial score (nSPS) is 10.1. The van der Waals surface area contributed by atoms with Crippen molar-refractivity contribution in [3.63, 3.8) is 0 Å². The Morgan fingerprint density at radius 2 is 2.00 bits per heavy atom. The molecule has 0 radical (unpaired) electrons. The number of halogens is 1. The van der Waals surface area contributed by atoms with Gasteiger partial charge in [-0.15, -0.1) is 0 Å². The molecule has 0 saturated heterocycles. The van der Waals surface area contributed by atoms with Crippen LogP contribution in [0, 0.1) is 10.1 Å². The molecule has 1 aromatic carbocycles. The summed E-state index contributed by atoms with van der Waals surface area (Å²) in [6.07, 6.45) is 1.47. The molecule has 0 aliphatic carbocycles. The van der Waals surface area contributed by atoms with Crippen LogP contribution in [-0.4, -0.2) is 15.0 Å². The maximum atomic E-state index is 10.9. The molecule has 2 aromatic rings. The Labute approximate surface area is 111 Å². The molecular formula is C11H8BrN3O3. The van der Waals surface area contributed by atoms with Crippen LogP contribution in [0.4, 0.5) is 17.2 Å². The topological polar surface area (TPSA) is 88.3 Å². The van der Waals surface area contributed by atoms with Gasteiger partial charge in [0, 0.05) is 22.4 Å². The summed E-state index contributed by atoms with van der Waals surface area (Å²) in [7, 11) is 0. The highest BCUT2D eigenvalue weighted by Crippen LogP contribution is 2.28. The Bertz CT molecular complexity index is 587. The van der Waals surface area contributed by atoms with Crippen LogP contribution in [0.1, 0.15) is 0 Å².